The molecule has 0 fully saturated rings. The number of H-pyrrole nitrogens is 1. The lowest BCUT2D eigenvalue weighted by Crippen LogP contribution is -2.18. The molecule has 0 radical (unpaired) electrons. The molecule has 3 aromatic rings. The number of nitrogens with zero attached hydrogens (tertiary/aromatic N) is 1. The quantitative estimate of drug-likeness (QED) is 0.749. The first-order valence-corrected chi connectivity index (χ1v) is 7.24. The highest BCUT2D eigenvalue weighted by molar-refractivity contribution is 6.32. The molecule has 120 valence electrons. The SMILES string of the molecule is [2H]C([2H])([2H])C(=O)NCc1cc2cc(Cl)c(OCc3cc(C)no3)cc2[nH]1. The zero-order valence-electron chi connectivity index (χ0n) is 15.3. The van der Waals surface area contributed by atoms with Gasteiger partial charge in [0.25, 0.3) is 0 Å². The molecule has 6 nitrogen and oxygen atoms in total. The van der Waals surface area contributed by atoms with Crippen LogP contribution in [0, 0.1) is 6.92 Å². The van der Waals surface area contributed by atoms with Gasteiger partial charge in [0.1, 0.15) is 12.4 Å². The van der Waals surface area contributed by atoms with Crippen molar-refractivity contribution in [2.45, 2.75) is 26.9 Å². The van der Waals surface area contributed by atoms with Gasteiger partial charge in [-0.1, -0.05) is 16.8 Å². The van der Waals surface area contributed by atoms with Gasteiger partial charge in [0.05, 0.1) is 17.3 Å². The van der Waals surface area contributed by atoms with Crippen LogP contribution in [0.25, 0.3) is 10.9 Å². The van der Waals surface area contributed by atoms with E-state index < -0.39 is 12.8 Å². The summed E-state index contributed by atoms with van der Waals surface area (Å²) >= 11 is 6.24. The van der Waals surface area contributed by atoms with Crippen LogP contribution in [0.5, 0.6) is 5.75 Å². The third-order valence-corrected chi connectivity index (χ3v) is 3.51. The van der Waals surface area contributed by atoms with Crippen LogP contribution >= 0.6 is 11.6 Å². The number of nitrogens with one attached hydrogen (secondary N) is 2. The molecular weight excluding hydrogens is 318 g/mol. The van der Waals surface area contributed by atoms with Crippen LogP contribution in [0.15, 0.2) is 28.8 Å². The van der Waals surface area contributed by atoms with Gasteiger partial charge in [-0.3, -0.25) is 4.79 Å². The maximum atomic E-state index is 11.4. The van der Waals surface area contributed by atoms with Gasteiger partial charge in [0.2, 0.25) is 5.91 Å². The minimum Gasteiger partial charge on any atom is -0.484 e. The van der Waals surface area contributed by atoms with E-state index in [1.807, 2.05) is 6.92 Å². The van der Waals surface area contributed by atoms with E-state index in [2.05, 4.69) is 15.5 Å². The van der Waals surface area contributed by atoms with E-state index in [0.29, 0.717) is 22.2 Å². The molecule has 2 heterocycles. The van der Waals surface area contributed by atoms with E-state index in [1.165, 1.54) is 0 Å². The maximum absolute atomic E-state index is 11.4. The molecule has 2 aromatic heterocycles. The molecule has 23 heavy (non-hydrogen) atoms. The number of carbonyl (C=O) groups is 1. The lowest BCUT2D eigenvalue weighted by atomic mass is 10.2. The second-order valence-electron chi connectivity index (χ2n) is 5.07. The minimum atomic E-state index is -2.67. The van der Waals surface area contributed by atoms with Crippen molar-refractivity contribution in [1.82, 2.24) is 15.5 Å². The van der Waals surface area contributed by atoms with Crippen molar-refractivity contribution in [2.24, 2.45) is 0 Å². The number of amides is 1. The van der Waals surface area contributed by atoms with Gasteiger partial charge < -0.3 is 19.6 Å². The first-order valence-electron chi connectivity index (χ1n) is 8.37. The van der Waals surface area contributed by atoms with Crippen molar-refractivity contribution in [3.8, 4) is 5.75 Å². The van der Waals surface area contributed by atoms with Crippen LogP contribution in [0.2, 0.25) is 5.02 Å². The Morgan fingerprint density at radius 3 is 3.09 bits per heavy atom. The highest BCUT2D eigenvalue weighted by Gasteiger charge is 2.09. The van der Waals surface area contributed by atoms with Crippen LogP contribution in [0.4, 0.5) is 0 Å². The molecule has 1 aromatic carbocycles. The smallest absolute Gasteiger partial charge is 0.217 e. The molecule has 7 heteroatoms. The van der Waals surface area contributed by atoms with Crippen LogP contribution in [0.1, 0.15) is 28.1 Å². The number of aromatic amines is 1. The molecule has 0 saturated carbocycles. The number of rotatable bonds is 5. The predicted molar refractivity (Wildman–Crippen MR) is 86.4 cm³/mol. The van der Waals surface area contributed by atoms with Crippen LogP contribution in [0.3, 0.4) is 0 Å². The Morgan fingerprint density at radius 2 is 2.35 bits per heavy atom. The lowest BCUT2D eigenvalue weighted by Gasteiger charge is -2.06. The second kappa shape index (κ2) is 6.34. The topological polar surface area (TPSA) is 80.2 Å². The number of carbonyl (C=O) groups excluding carboxylic acids is 1. The lowest BCUT2D eigenvalue weighted by molar-refractivity contribution is -0.119. The van der Waals surface area contributed by atoms with Crippen molar-refractivity contribution in [1.29, 1.82) is 0 Å². The first kappa shape index (κ1) is 12.0. The van der Waals surface area contributed by atoms with E-state index in [9.17, 15) is 4.79 Å². The number of aryl methyl sites for hydroxylation is 1. The fourth-order valence-electron chi connectivity index (χ4n) is 2.21. The molecule has 0 aliphatic heterocycles. The molecule has 0 bridgehead atoms. The minimum absolute atomic E-state index is 0.0665. The molecule has 0 unspecified atom stereocenters. The van der Waals surface area contributed by atoms with Crippen molar-refractivity contribution >= 4 is 28.4 Å². The third kappa shape index (κ3) is 3.65. The Balaban J connectivity index is 1.72. The Kier molecular flexibility index (Phi) is 3.31. The molecule has 0 aliphatic rings. The Hall–Kier alpha value is -2.47. The number of benzene rings is 1. The molecule has 3 rings (SSSR count). The highest BCUT2D eigenvalue weighted by Crippen LogP contribution is 2.31. The number of ether oxygens (including phenoxy) is 1. The molecule has 0 saturated heterocycles. The second-order valence-corrected chi connectivity index (χ2v) is 5.48. The van der Waals surface area contributed by atoms with Gasteiger partial charge in [-0.2, -0.15) is 0 Å². The largest absolute Gasteiger partial charge is 0.484 e. The third-order valence-electron chi connectivity index (χ3n) is 3.22. The van der Waals surface area contributed by atoms with Gasteiger partial charge in [-0.05, 0) is 19.1 Å². The van der Waals surface area contributed by atoms with Gasteiger partial charge >= 0.3 is 0 Å². The van der Waals surface area contributed by atoms with Crippen LogP contribution in [-0.4, -0.2) is 16.0 Å². The average Bonchev–Trinajstić information content (AvgIpc) is 3.14. The number of fused-ring (bicyclic) bond motifs is 1. The first-order chi connectivity index (χ1) is 12.2. The van der Waals surface area contributed by atoms with Gasteiger partial charge in [0, 0.05) is 39.7 Å². The molecular formula is C16H16ClN3O3. The summed E-state index contributed by atoms with van der Waals surface area (Å²) < 4.78 is 31.9. The summed E-state index contributed by atoms with van der Waals surface area (Å²) in [5.41, 5.74) is 2.16. The number of hydrogen-bond acceptors (Lipinski definition) is 4. The average molecular weight is 337 g/mol. The predicted octanol–water partition coefficient (Wildman–Crippen LogP) is 3.33. The normalized spacial score (nSPS) is 13.4. The van der Waals surface area contributed by atoms with Gasteiger partial charge in [-0.25, -0.2) is 0 Å². The number of aromatic nitrogens is 2. The molecule has 0 spiro atoms. The summed E-state index contributed by atoms with van der Waals surface area (Å²) in [7, 11) is 0. The standard InChI is InChI=1S/C16H16ClN3O3/c1-9-3-13(23-20-9)8-22-16-6-15-11(5-14(16)17)4-12(19-15)7-18-10(2)21/h3-6,19H,7-8H2,1-2H3,(H,18,21)/i2D3. The van der Waals surface area contributed by atoms with Crippen molar-refractivity contribution < 1.29 is 18.2 Å². The molecule has 0 aliphatic carbocycles. The molecule has 2 N–H and O–H groups in total. The summed E-state index contributed by atoms with van der Waals surface area (Å²) in [6.07, 6.45) is 0. The zero-order valence-corrected chi connectivity index (χ0v) is 13.0. The summed E-state index contributed by atoms with van der Waals surface area (Å²) in [5, 5.41) is 7.39. The van der Waals surface area contributed by atoms with E-state index in [0.717, 1.165) is 16.6 Å². The monoisotopic (exact) mass is 336 g/mol. The Labute approximate surface area is 142 Å². The number of halogens is 1. The molecule has 0 atom stereocenters. The summed E-state index contributed by atoms with van der Waals surface area (Å²) in [6, 6.07) is 7.01. The van der Waals surface area contributed by atoms with Gasteiger partial charge in [0.15, 0.2) is 5.76 Å². The van der Waals surface area contributed by atoms with Crippen LogP contribution in [-0.2, 0) is 17.9 Å². The summed E-state index contributed by atoms with van der Waals surface area (Å²) in [6.45, 7) is -0.599. The Morgan fingerprint density at radius 1 is 1.48 bits per heavy atom. The van der Waals surface area contributed by atoms with Crippen LogP contribution < -0.4 is 10.1 Å². The van der Waals surface area contributed by atoms with E-state index in [1.54, 1.807) is 24.3 Å². The summed E-state index contributed by atoms with van der Waals surface area (Å²) in [5.74, 6) is 0.0481. The van der Waals surface area contributed by atoms with Crippen molar-refractivity contribution in [3.05, 3.63) is 46.4 Å². The van der Waals surface area contributed by atoms with E-state index in [-0.39, 0.29) is 13.2 Å². The van der Waals surface area contributed by atoms with E-state index >= 15 is 0 Å². The molecule has 1 amide bonds. The van der Waals surface area contributed by atoms with E-state index in [4.69, 9.17) is 25.0 Å². The zero-order chi connectivity index (χ0) is 18.9. The highest BCUT2D eigenvalue weighted by atomic mass is 35.5. The fraction of sp³-hybridized carbons (Fsp3) is 0.250. The number of hydrogen-bond donors (Lipinski definition) is 2. The van der Waals surface area contributed by atoms with Crippen molar-refractivity contribution in [3.63, 3.8) is 0 Å². The Bertz CT molecular complexity index is 949. The van der Waals surface area contributed by atoms with Gasteiger partial charge in [-0.15, -0.1) is 0 Å². The maximum Gasteiger partial charge on any atom is 0.217 e. The fourth-order valence-corrected chi connectivity index (χ4v) is 2.43. The summed E-state index contributed by atoms with van der Waals surface area (Å²) in [4.78, 5) is 14.5. The van der Waals surface area contributed by atoms with Crippen molar-refractivity contribution in [2.75, 3.05) is 0 Å².